The number of aromatic nitrogens is 1. The highest BCUT2D eigenvalue weighted by Crippen LogP contribution is 2.24. The molecular weight excluding hydrogens is 328 g/mol. The van der Waals surface area contributed by atoms with Gasteiger partial charge in [0.1, 0.15) is 18.0 Å². The SMILES string of the molecule is CC(C)c1cccc(O[C@@H]2CCN(Cc3cccn(C)c3=O)C[C@H]2O)c1. The van der Waals surface area contributed by atoms with Crippen LogP contribution in [0.25, 0.3) is 0 Å². The summed E-state index contributed by atoms with van der Waals surface area (Å²) in [5.41, 5.74) is 2.01. The normalized spacial score (nSPS) is 21.1. The van der Waals surface area contributed by atoms with Crippen molar-refractivity contribution in [3.8, 4) is 5.75 Å². The maximum absolute atomic E-state index is 12.2. The minimum Gasteiger partial charge on any atom is -0.488 e. The first-order valence-electron chi connectivity index (χ1n) is 9.25. The largest absolute Gasteiger partial charge is 0.488 e. The molecule has 1 saturated heterocycles. The molecule has 140 valence electrons. The van der Waals surface area contributed by atoms with Crippen LogP contribution in [0.2, 0.25) is 0 Å². The van der Waals surface area contributed by atoms with E-state index in [1.54, 1.807) is 17.8 Å². The Bertz CT molecular complexity index is 800. The Labute approximate surface area is 154 Å². The van der Waals surface area contributed by atoms with Crippen LogP contribution in [0.1, 0.15) is 37.3 Å². The maximum Gasteiger partial charge on any atom is 0.254 e. The summed E-state index contributed by atoms with van der Waals surface area (Å²) in [7, 11) is 1.76. The van der Waals surface area contributed by atoms with Crippen molar-refractivity contribution >= 4 is 0 Å². The van der Waals surface area contributed by atoms with Gasteiger partial charge in [-0.15, -0.1) is 0 Å². The van der Waals surface area contributed by atoms with Crippen molar-refractivity contribution in [3.05, 3.63) is 64.1 Å². The second-order valence-corrected chi connectivity index (χ2v) is 7.42. The van der Waals surface area contributed by atoms with E-state index in [9.17, 15) is 9.90 Å². The summed E-state index contributed by atoms with van der Waals surface area (Å²) in [4.78, 5) is 14.3. The number of benzene rings is 1. The van der Waals surface area contributed by atoms with Crippen LogP contribution in [0, 0.1) is 0 Å². The highest BCUT2D eigenvalue weighted by atomic mass is 16.5. The Morgan fingerprint density at radius 2 is 2.08 bits per heavy atom. The zero-order valence-corrected chi connectivity index (χ0v) is 15.8. The minimum absolute atomic E-state index is 0.0193. The van der Waals surface area contributed by atoms with E-state index in [1.165, 1.54) is 5.56 Å². The summed E-state index contributed by atoms with van der Waals surface area (Å²) in [6.45, 7) is 6.16. The lowest BCUT2D eigenvalue weighted by molar-refractivity contribution is -0.0276. The van der Waals surface area contributed by atoms with Gasteiger partial charge in [-0.1, -0.05) is 32.0 Å². The van der Waals surface area contributed by atoms with Gasteiger partial charge in [0.05, 0.1) is 0 Å². The molecule has 5 heteroatoms. The lowest BCUT2D eigenvalue weighted by atomic mass is 10.0. The van der Waals surface area contributed by atoms with Gasteiger partial charge >= 0.3 is 0 Å². The van der Waals surface area contributed by atoms with E-state index in [2.05, 4.69) is 30.9 Å². The second kappa shape index (κ2) is 8.06. The number of pyridine rings is 1. The number of hydrogen-bond donors (Lipinski definition) is 1. The van der Waals surface area contributed by atoms with Gasteiger partial charge in [-0.05, 0) is 36.1 Å². The molecule has 1 fully saturated rings. The maximum atomic E-state index is 12.2. The fourth-order valence-corrected chi connectivity index (χ4v) is 3.39. The van der Waals surface area contributed by atoms with Crippen LogP contribution in [-0.4, -0.2) is 39.9 Å². The van der Waals surface area contributed by atoms with Crippen molar-refractivity contribution in [2.75, 3.05) is 13.1 Å². The van der Waals surface area contributed by atoms with Crippen LogP contribution < -0.4 is 10.3 Å². The monoisotopic (exact) mass is 356 g/mol. The van der Waals surface area contributed by atoms with Gasteiger partial charge in [-0.2, -0.15) is 0 Å². The third kappa shape index (κ3) is 4.34. The summed E-state index contributed by atoms with van der Waals surface area (Å²) in [6, 6.07) is 11.8. The van der Waals surface area contributed by atoms with E-state index in [1.807, 2.05) is 24.3 Å². The molecule has 1 N–H and O–H groups in total. The summed E-state index contributed by atoms with van der Waals surface area (Å²) in [6.07, 6.45) is 1.71. The smallest absolute Gasteiger partial charge is 0.254 e. The molecule has 0 unspecified atom stereocenters. The first-order chi connectivity index (χ1) is 12.4. The summed E-state index contributed by atoms with van der Waals surface area (Å²) < 4.78 is 7.64. The number of β-amino-alcohol motifs (C(OH)–C–C–N with tert-alkyl or cyclic N) is 1. The molecule has 0 radical (unpaired) electrons. The standard InChI is InChI=1S/C21H28N2O3/c1-15(2)16-6-4-8-18(12-16)26-20-9-11-23(14-19(20)24)13-17-7-5-10-22(3)21(17)25/h4-8,10,12,15,19-20,24H,9,11,13-14H2,1-3H3/t19-,20-/m1/s1. The number of aryl methyl sites for hydroxylation is 1. The number of aliphatic hydroxyl groups excluding tert-OH is 1. The van der Waals surface area contributed by atoms with E-state index in [0.29, 0.717) is 19.0 Å². The van der Waals surface area contributed by atoms with Gasteiger partial charge < -0.3 is 14.4 Å². The Morgan fingerprint density at radius 3 is 2.81 bits per heavy atom. The van der Waals surface area contributed by atoms with Crippen molar-refractivity contribution in [2.45, 2.75) is 44.9 Å². The predicted molar refractivity (Wildman–Crippen MR) is 103 cm³/mol. The molecule has 1 aromatic carbocycles. The number of ether oxygens (including phenoxy) is 1. The second-order valence-electron chi connectivity index (χ2n) is 7.42. The number of piperidine rings is 1. The summed E-state index contributed by atoms with van der Waals surface area (Å²) in [5, 5.41) is 10.5. The van der Waals surface area contributed by atoms with E-state index < -0.39 is 6.10 Å². The van der Waals surface area contributed by atoms with Crippen LogP contribution >= 0.6 is 0 Å². The van der Waals surface area contributed by atoms with Gasteiger partial charge in [0, 0.05) is 38.4 Å². The molecule has 2 atom stereocenters. The first kappa shape index (κ1) is 18.7. The van der Waals surface area contributed by atoms with E-state index in [-0.39, 0.29) is 11.7 Å². The Balaban J connectivity index is 1.61. The lowest BCUT2D eigenvalue weighted by Crippen LogP contribution is -2.49. The predicted octanol–water partition coefficient (Wildman–Crippen LogP) is 2.52. The lowest BCUT2D eigenvalue weighted by Gasteiger charge is -2.36. The fourth-order valence-electron chi connectivity index (χ4n) is 3.39. The van der Waals surface area contributed by atoms with Crippen molar-refractivity contribution < 1.29 is 9.84 Å². The van der Waals surface area contributed by atoms with Crippen LogP contribution in [-0.2, 0) is 13.6 Å². The zero-order chi connectivity index (χ0) is 18.7. The third-order valence-electron chi connectivity index (χ3n) is 5.01. The Hall–Kier alpha value is -2.11. The van der Waals surface area contributed by atoms with Crippen molar-refractivity contribution in [1.82, 2.24) is 9.47 Å². The van der Waals surface area contributed by atoms with E-state index in [0.717, 1.165) is 24.3 Å². The number of hydrogen-bond acceptors (Lipinski definition) is 4. The van der Waals surface area contributed by atoms with Crippen molar-refractivity contribution in [3.63, 3.8) is 0 Å². The fraction of sp³-hybridized carbons (Fsp3) is 0.476. The summed E-state index contributed by atoms with van der Waals surface area (Å²) in [5.74, 6) is 1.25. The average molecular weight is 356 g/mol. The molecule has 1 aromatic heterocycles. The first-order valence-corrected chi connectivity index (χ1v) is 9.25. The molecule has 2 heterocycles. The molecule has 26 heavy (non-hydrogen) atoms. The molecule has 0 bridgehead atoms. The molecule has 5 nitrogen and oxygen atoms in total. The van der Waals surface area contributed by atoms with Crippen LogP contribution in [0.3, 0.4) is 0 Å². The molecular formula is C21H28N2O3. The highest BCUT2D eigenvalue weighted by Gasteiger charge is 2.29. The molecule has 0 aliphatic carbocycles. The molecule has 0 amide bonds. The Kier molecular flexibility index (Phi) is 5.79. The van der Waals surface area contributed by atoms with Crippen LogP contribution in [0.15, 0.2) is 47.4 Å². The van der Waals surface area contributed by atoms with Gasteiger partial charge in [0.25, 0.3) is 5.56 Å². The summed E-state index contributed by atoms with van der Waals surface area (Å²) >= 11 is 0. The van der Waals surface area contributed by atoms with Crippen molar-refractivity contribution in [1.29, 1.82) is 0 Å². The molecule has 1 aliphatic rings. The van der Waals surface area contributed by atoms with Gasteiger partial charge in [-0.25, -0.2) is 0 Å². The van der Waals surface area contributed by atoms with Gasteiger partial charge in [-0.3, -0.25) is 9.69 Å². The molecule has 0 saturated carbocycles. The third-order valence-corrected chi connectivity index (χ3v) is 5.01. The van der Waals surface area contributed by atoms with Crippen LogP contribution in [0.4, 0.5) is 0 Å². The molecule has 0 spiro atoms. The van der Waals surface area contributed by atoms with Crippen molar-refractivity contribution in [2.24, 2.45) is 7.05 Å². The number of aliphatic hydroxyl groups is 1. The van der Waals surface area contributed by atoms with E-state index >= 15 is 0 Å². The quantitative estimate of drug-likeness (QED) is 0.894. The van der Waals surface area contributed by atoms with Crippen LogP contribution in [0.5, 0.6) is 5.75 Å². The minimum atomic E-state index is -0.570. The average Bonchev–Trinajstić information content (AvgIpc) is 2.61. The highest BCUT2D eigenvalue weighted by molar-refractivity contribution is 5.30. The molecule has 1 aliphatic heterocycles. The number of rotatable bonds is 5. The molecule has 2 aromatic rings. The van der Waals surface area contributed by atoms with Gasteiger partial charge in [0.2, 0.25) is 0 Å². The number of nitrogens with zero attached hydrogens (tertiary/aromatic N) is 2. The molecule has 3 rings (SSSR count). The number of likely N-dealkylation sites (tertiary alicyclic amines) is 1. The Morgan fingerprint density at radius 1 is 1.27 bits per heavy atom. The van der Waals surface area contributed by atoms with E-state index in [4.69, 9.17) is 4.74 Å². The van der Waals surface area contributed by atoms with Gasteiger partial charge in [0.15, 0.2) is 0 Å². The zero-order valence-electron chi connectivity index (χ0n) is 15.8. The topological polar surface area (TPSA) is 54.7 Å².